The van der Waals surface area contributed by atoms with Gasteiger partial charge in [0.2, 0.25) is 5.91 Å². The predicted molar refractivity (Wildman–Crippen MR) is 52.9 cm³/mol. The van der Waals surface area contributed by atoms with Crippen molar-refractivity contribution in [3.63, 3.8) is 0 Å². The van der Waals surface area contributed by atoms with Gasteiger partial charge in [-0.05, 0) is 25.0 Å². The molecule has 2 N–H and O–H groups in total. The van der Waals surface area contributed by atoms with E-state index in [1.54, 1.807) is 0 Å². The molecule has 0 aromatic carbocycles. The van der Waals surface area contributed by atoms with Gasteiger partial charge in [0, 0.05) is 6.92 Å². The van der Waals surface area contributed by atoms with E-state index in [1.165, 1.54) is 6.92 Å². The fourth-order valence-corrected chi connectivity index (χ4v) is 1.19. The number of carbonyl (C=O) groups excluding carboxylic acids is 1. The van der Waals surface area contributed by atoms with Gasteiger partial charge < -0.3 is 10.4 Å². The first-order valence-electron chi connectivity index (χ1n) is 4.18. The molecule has 0 fully saturated rings. The van der Waals surface area contributed by atoms with Gasteiger partial charge in [-0.25, -0.2) is 4.79 Å². The standard InChI is InChI=1S/C8H15NO3S/c1-6(10)9-7(8(11)12)4-2-3-5-13/h7,13H,2-5H2,1H3,(H,9,10)(H,11,12). The summed E-state index contributed by atoms with van der Waals surface area (Å²) in [4.78, 5) is 21.2. The number of unbranched alkanes of at least 4 members (excludes halogenated alkanes) is 1. The molecular weight excluding hydrogens is 190 g/mol. The van der Waals surface area contributed by atoms with Crippen molar-refractivity contribution < 1.29 is 14.7 Å². The van der Waals surface area contributed by atoms with E-state index in [2.05, 4.69) is 17.9 Å². The Morgan fingerprint density at radius 2 is 2.08 bits per heavy atom. The molecule has 0 aliphatic rings. The van der Waals surface area contributed by atoms with E-state index in [-0.39, 0.29) is 5.91 Å². The molecule has 0 aromatic heterocycles. The molecule has 0 radical (unpaired) electrons. The number of carboxylic acids is 1. The average Bonchev–Trinajstić information content (AvgIpc) is 2.02. The van der Waals surface area contributed by atoms with Gasteiger partial charge in [-0.2, -0.15) is 12.6 Å². The highest BCUT2D eigenvalue weighted by atomic mass is 32.1. The lowest BCUT2D eigenvalue weighted by atomic mass is 10.1. The summed E-state index contributed by atoms with van der Waals surface area (Å²) in [5.74, 6) is -0.542. The summed E-state index contributed by atoms with van der Waals surface area (Å²) in [6, 6.07) is -0.752. The Kier molecular flexibility index (Phi) is 6.40. The van der Waals surface area contributed by atoms with Crippen LogP contribution in [0.1, 0.15) is 26.2 Å². The Labute approximate surface area is 83.1 Å². The minimum atomic E-state index is -0.977. The van der Waals surface area contributed by atoms with Gasteiger partial charge in [-0.15, -0.1) is 0 Å². The Bertz CT molecular complexity index is 184. The number of carboxylic acid groups (broad SMARTS) is 1. The second-order valence-electron chi connectivity index (χ2n) is 2.81. The number of nitrogens with one attached hydrogen (secondary N) is 1. The van der Waals surface area contributed by atoms with Crippen molar-refractivity contribution in [2.45, 2.75) is 32.2 Å². The zero-order valence-corrected chi connectivity index (χ0v) is 8.51. The van der Waals surface area contributed by atoms with Crippen LogP contribution in [0.25, 0.3) is 0 Å². The summed E-state index contributed by atoms with van der Waals surface area (Å²) in [6.07, 6.45) is 2.10. The van der Waals surface area contributed by atoms with E-state index in [9.17, 15) is 9.59 Å². The number of hydrogen-bond donors (Lipinski definition) is 3. The van der Waals surface area contributed by atoms with E-state index in [0.29, 0.717) is 6.42 Å². The predicted octanol–water partition coefficient (Wildman–Crippen LogP) is 0.676. The molecule has 1 atom stereocenters. The molecule has 0 bridgehead atoms. The van der Waals surface area contributed by atoms with Crippen molar-refractivity contribution in [2.75, 3.05) is 5.75 Å². The molecule has 0 aromatic rings. The second kappa shape index (κ2) is 6.77. The lowest BCUT2D eigenvalue weighted by molar-refractivity contribution is -0.141. The van der Waals surface area contributed by atoms with Crippen LogP contribution in [0.15, 0.2) is 0 Å². The van der Waals surface area contributed by atoms with Crippen LogP contribution in [-0.4, -0.2) is 28.8 Å². The van der Waals surface area contributed by atoms with E-state index in [0.717, 1.165) is 18.6 Å². The molecule has 76 valence electrons. The number of rotatable bonds is 6. The summed E-state index contributed by atoms with van der Waals surface area (Å²) < 4.78 is 0. The van der Waals surface area contributed by atoms with Crippen LogP contribution >= 0.6 is 12.6 Å². The summed E-state index contributed by atoms with van der Waals surface area (Å²) >= 11 is 4.01. The molecule has 1 amide bonds. The van der Waals surface area contributed by atoms with Gasteiger partial charge in [0.25, 0.3) is 0 Å². The molecule has 4 nitrogen and oxygen atoms in total. The fraction of sp³-hybridized carbons (Fsp3) is 0.750. The van der Waals surface area contributed by atoms with E-state index < -0.39 is 12.0 Å². The van der Waals surface area contributed by atoms with Crippen molar-refractivity contribution in [3.8, 4) is 0 Å². The van der Waals surface area contributed by atoms with Gasteiger partial charge in [0.15, 0.2) is 0 Å². The Morgan fingerprint density at radius 3 is 2.46 bits per heavy atom. The molecule has 0 heterocycles. The quantitative estimate of drug-likeness (QED) is 0.441. The number of amides is 1. The Hall–Kier alpha value is -0.710. The first-order valence-corrected chi connectivity index (χ1v) is 4.82. The third-order valence-electron chi connectivity index (χ3n) is 1.58. The number of hydrogen-bond acceptors (Lipinski definition) is 3. The smallest absolute Gasteiger partial charge is 0.326 e. The van der Waals surface area contributed by atoms with Crippen LogP contribution in [0.2, 0.25) is 0 Å². The SMILES string of the molecule is CC(=O)NC(CCCCS)C(=O)O. The monoisotopic (exact) mass is 205 g/mol. The lowest BCUT2D eigenvalue weighted by Gasteiger charge is -2.12. The van der Waals surface area contributed by atoms with Crippen molar-refractivity contribution >= 4 is 24.5 Å². The molecule has 0 aliphatic heterocycles. The molecule has 1 unspecified atom stereocenters. The lowest BCUT2D eigenvalue weighted by Crippen LogP contribution is -2.39. The molecule has 0 saturated carbocycles. The maximum Gasteiger partial charge on any atom is 0.326 e. The van der Waals surface area contributed by atoms with Crippen molar-refractivity contribution in [3.05, 3.63) is 0 Å². The number of aliphatic carboxylic acids is 1. The largest absolute Gasteiger partial charge is 0.480 e. The second-order valence-corrected chi connectivity index (χ2v) is 3.26. The molecular formula is C8H15NO3S. The van der Waals surface area contributed by atoms with Gasteiger partial charge in [-0.3, -0.25) is 4.79 Å². The van der Waals surface area contributed by atoms with Gasteiger partial charge in [0.05, 0.1) is 0 Å². The van der Waals surface area contributed by atoms with Crippen LogP contribution in [0, 0.1) is 0 Å². The molecule has 0 spiro atoms. The fourth-order valence-electron chi connectivity index (χ4n) is 0.963. The average molecular weight is 205 g/mol. The van der Waals surface area contributed by atoms with Crippen molar-refractivity contribution in [2.24, 2.45) is 0 Å². The van der Waals surface area contributed by atoms with Gasteiger partial charge in [-0.1, -0.05) is 0 Å². The van der Waals surface area contributed by atoms with Crippen molar-refractivity contribution in [1.82, 2.24) is 5.32 Å². The highest BCUT2D eigenvalue weighted by Gasteiger charge is 2.16. The normalized spacial score (nSPS) is 12.2. The van der Waals surface area contributed by atoms with Crippen LogP contribution in [0.5, 0.6) is 0 Å². The first kappa shape index (κ1) is 12.3. The van der Waals surface area contributed by atoms with Crippen LogP contribution in [-0.2, 0) is 9.59 Å². The van der Waals surface area contributed by atoms with E-state index in [4.69, 9.17) is 5.11 Å². The van der Waals surface area contributed by atoms with Gasteiger partial charge >= 0.3 is 5.97 Å². The third kappa shape index (κ3) is 6.45. The Balaban J connectivity index is 3.81. The zero-order chi connectivity index (χ0) is 10.3. The third-order valence-corrected chi connectivity index (χ3v) is 1.89. The summed E-state index contributed by atoms with van der Waals surface area (Å²) in [7, 11) is 0. The summed E-state index contributed by atoms with van der Waals surface area (Å²) in [5.41, 5.74) is 0. The maximum atomic E-state index is 10.6. The first-order chi connectivity index (χ1) is 6.07. The molecule has 13 heavy (non-hydrogen) atoms. The van der Waals surface area contributed by atoms with Crippen LogP contribution < -0.4 is 5.32 Å². The summed E-state index contributed by atoms with van der Waals surface area (Å²) in [6.45, 7) is 1.31. The molecule has 0 aliphatic carbocycles. The molecule has 5 heteroatoms. The summed E-state index contributed by atoms with van der Waals surface area (Å²) in [5, 5.41) is 11.1. The van der Waals surface area contributed by atoms with Crippen LogP contribution in [0.4, 0.5) is 0 Å². The Morgan fingerprint density at radius 1 is 1.46 bits per heavy atom. The zero-order valence-electron chi connectivity index (χ0n) is 7.62. The number of carbonyl (C=O) groups is 2. The van der Waals surface area contributed by atoms with E-state index >= 15 is 0 Å². The van der Waals surface area contributed by atoms with Gasteiger partial charge in [0.1, 0.15) is 6.04 Å². The topological polar surface area (TPSA) is 66.4 Å². The maximum absolute atomic E-state index is 10.6. The highest BCUT2D eigenvalue weighted by Crippen LogP contribution is 2.02. The van der Waals surface area contributed by atoms with Crippen molar-refractivity contribution in [1.29, 1.82) is 0 Å². The number of thiol groups is 1. The van der Waals surface area contributed by atoms with Crippen LogP contribution in [0.3, 0.4) is 0 Å². The minimum absolute atomic E-state index is 0.307. The minimum Gasteiger partial charge on any atom is -0.480 e. The molecule has 0 saturated heterocycles. The molecule has 0 rings (SSSR count). The highest BCUT2D eigenvalue weighted by molar-refractivity contribution is 7.80. The van der Waals surface area contributed by atoms with E-state index in [1.807, 2.05) is 0 Å².